The molecule has 0 heterocycles. The third-order valence-corrected chi connectivity index (χ3v) is 3.70. The number of esters is 2. The third-order valence-electron chi connectivity index (χ3n) is 3.39. The van der Waals surface area contributed by atoms with Gasteiger partial charge in [0.15, 0.2) is 0 Å². The van der Waals surface area contributed by atoms with E-state index in [2.05, 4.69) is 5.32 Å². The molecule has 6 nitrogen and oxygen atoms in total. The van der Waals surface area contributed by atoms with Gasteiger partial charge in [0, 0.05) is 5.69 Å². The fourth-order valence-corrected chi connectivity index (χ4v) is 2.49. The lowest BCUT2D eigenvalue weighted by Gasteiger charge is -2.11. The van der Waals surface area contributed by atoms with E-state index in [-0.39, 0.29) is 40.6 Å². The molecule has 8 heteroatoms. The van der Waals surface area contributed by atoms with Gasteiger partial charge in [-0.1, -0.05) is 11.6 Å². The van der Waals surface area contributed by atoms with Gasteiger partial charge in [0.05, 0.1) is 34.9 Å². The molecule has 0 fully saturated rings. The Kier molecular flexibility index (Phi) is 6.90. The summed E-state index contributed by atoms with van der Waals surface area (Å²) >= 11 is 5.89. The van der Waals surface area contributed by atoms with Crippen LogP contribution in [-0.4, -0.2) is 31.1 Å². The van der Waals surface area contributed by atoms with Crippen molar-refractivity contribution in [2.24, 2.45) is 0 Å². The van der Waals surface area contributed by atoms with E-state index in [4.69, 9.17) is 21.1 Å². The largest absolute Gasteiger partial charge is 0.462 e. The normalized spacial score (nSPS) is 10.2. The number of carbonyl (C=O) groups excluding carboxylic acids is 3. The number of amides is 1. The summed E-state index contributed by atoms with van der Waals surface area (Å²) in [6.45, 7) is 3.59. The molecule has 142 valence electrons. The van der Waals surface area contributed by atoms with E-state index in [0.717, 1.165) is 12.1 Å². The Balaban J connectivity index is 2.37. The second kappa shape index (κ2) is 9.14. The van der Waals surface area contributed by atoms with Crippen LogP contribution < -0.4 is 5.32 Å². The van der Waals surface area contributed by atoms with Crippen molar-refractivity contribution in [2.45, 2.75) is 13.8 Å². The van der Waals surface area contributed by atoms with Crippen LogP contribution in [0.25, 0.3) is 0 Å². The molecule has 0 atom stereocenters. The fraction of sp³-hybridized carbons (Fsp3) is 0.211. The highest BCUT2D eigenvalue weighted by molar-refractivity contribution is 6.34. The first-order chi connectivity index (χ1) is 12.8. The van der Waals surface area contributed by atoms with Crippen molar-refractivity contribution in [3.05, 3.63) is 63.9 Å². The molecule has 1 N–H and O–H groups in total. The minimum Gasteiger partial charge on any atom is -0.462 e. The Labute approximate surface area is 160 Å². The highest BCUT2D eigenvalue weighted by Crippen LogP contribution is 2.21. The fourth-order valence-electron chi connectivity index (χ4n) is 2.24. The van der Waals surface area contributed by atoms with Crippen molar-refractivity contribution < 1.29 is 28.2 Å². The van der Waals surface area contributed by atoms with Crippen molar-refractivity contribution in [3.8, 4) is 0 Å². The van der Waals surface area contributed by atoms with Crippen LogP contribution in [0, 0.1) is 5.82 Å². The van der Waals surface area contributed by atoms with Crippen LogP contribution in [0.5, 0.6) is 0 Å². The number of nitrogens with one attached hydrogen (secondary N) is 1. The van der Waals surface area contributed by atoms with Crippen LogP contribution in [0.4, 0.5) is 10.1 Å². The highest BCUT2D eigenvalue weighted by Gasteiger charge is 2.17. The molecule has 0 bridgehead atoms. The number of hydrogen-bond acceptors (Lipinski definition) is 5. The number of hydrogen-bond donors (Lipinski definition) is 1. The van der Waals surface area contributed by atoms with E-state index in [1.807, 2.05) is 0 Å². The van der Waals surface area contributed by atoms with Gasteiger partial charge in [-0.2, -0.15) is 0 Å². The molecule has 0 aliphatic carbocycles. The first-order valence-electron chi connectivity index (χ1n) is 8.11. The van der Waals surface area contributed by atoms with E-state index in [9.17, 15) is 18.8 Å². The lowest BCUT2D eigenvalue weighted by Crippen LogP contribution is -2.15. The molecule has 0 aliphatic heterocycles. The molecule has 27 heavy (non-hydrogen) atoms. The van der Waals surface area contributed by atoms with Crippen LogP contribution in [0.3, 0.4) is 0 Å². The summed E-state index contributed by atoms with van der Waals surface area (Å²) in [5.41, 5.74) is 0.345. The van der Waals surface area contributed by atoms with Gasteiger partial charge in [0.2, 0.25) is 0 Å². The van der Waals surface area contributed by atoms with Crippen LogP contribution in [-0.2, 0) is 9.47 Å². The van der Waals surface area contributed by atoms with Crippen LogP contribution in [0.15, 0.2) is 36.4 Å². The molecule has 0 unspecified atom stereocenters. The molecule has 1 amide bonds. The summed E-state index contributed by atoms with van der Waals surface area (Å²) in [7, 11) is 0. The Morgan fingerprint density at radius 1 is 0.963 bits per heavy atom. The topological polar surface area (TPSA) is 81.7 Å². The molecule has 2 aromatic rings. The summed E-state index contributed by atoms with van der Waals surface area (Å²) in [6, 6.07) is 7.37. The van der Waals surface area contributed by atoms with Crippen molar-refractivity contribution in [2.75, 3.05) is 18.5 Å². The smallest absolute Gasteiger partial charge is 0.338 e. The minimum atomic E-state index is -0.654. The number of anilines is 1. The average molecular weight is 394 g/mol. The second-order valence-corrected chi connectivity index (χ2v) is 5.73. The molecule has 0 radical (unpaired) electrons. The summed E-state index contributed by atoms with van der Waals surface area (Å²) in [4.78, 5) is 36.5. The SMILES string of the molecule is CCOC(=O)c1cc(NC(=O)c2ccc(F)cc2Cl)cc(C(=O)OCC)c1. The van der Waals surface area contributed by atoms with Crippen LogP contribution in [0.1, 0.15) is 44.9 Å². The molecular weight excluding hydrogens is 377 g/mol. The monoisotopic (exact) mass is 393 g/mol. The van der Waals surface area contributed by atoms with Crippen molar-refractivity contribution in [1.82, 2.24) is 0 Å². The summed E-state index contributed by atoms with van der Waals surface area (Å²) < 4.78 is 23.0. The van der Waals surface area contributed by atoms with Gasteiger partial charge in [-0.05, 0) is 50.2 Å². The number of ether oxygens (including phenoxy) is 2. The Bertz CT molecular complexity index is 848. The van der Waals surface area contributed by atoms with Gasteiger partial charge in [-0.15, -0.1) is 0 Å². The van der Waals surface area contributed by atoms with E-state index in [1.165, 1.54) is 24.3 Å². The van der Waals surface area contributed by atoms with E-state index in [0.29, 0.717) is 0 Å². The second-order valence-electron chi connectivity index (χ2n) is 5.32. The number of carbonyl (C=O) groups is 3. The molecule has 2 aromatic carbocycles. The summed E-state index contributed by atoms with van der Waals surface area (Å²) in [6.07, 6.45) is 0. The van der Waals surface area contributed by atoms with E-state index in [1.54, 1.807) is 13.8 Å². The first kappa shape index (κ1) is 20.4. The maximum atomic E-state index is 13.1. The van der Waals surface area contributed by atoms with Crippen LogP contribution >= 0.6 is 11.6 Å². The molecule has 0 aliphatic rings. The average Bonchev–Trinajstić information content (AvgIpc) is 2.61. The van der Waals surface area contributed by atoms with Crippen molar-refractivity contribution >= 4 is 35.1 Å². The number of rotatable bonds is 6. The highest BCUT2D eigenvalue weighted by atomic mass is 35.5. The predicted octanol–water partition coefficient (Wildman–Crippen LogP) is 4.08. The maximum absolute atomic E-state index is 13.1. The lowest BCUT2D eigenvalue weighted by molar-refractivity contribution is 0.0525. The van der Waals surface area contributed by atoms with Gasteiger partial charge < -0.3 is 14.8 Å². The van der Waals surface area contributed by atoms with Gasteiger partial charge in [-0.25, -0.2) is 14.0 Å². The summed E-state index contributed by atoms with van der Waals surface area (Å²) in [5.74, 6) is -2.51. The molecule has 2 rings (SSSR count). The van der Waals surface area contributed by atoms with Crippen molar-refractivity contribution in [1.29, 1.82) is 0 Å². The molecular formula is C19H17ClFNO5. The quantitative estimate of drug-likeness (QED) is 0.747. The predicted molar refractivity (Wildman–Crippen MR) is 97.7 cm³/mol. The Hall–Kier alpha value is -2.93. The van der Waals surface area contributed by atoms with Gasteiger partial charge >= 0.3 is 11.9 Å². The van der Waals surface area contributed by atoms with Gasteiger partial charge in [0.1, 0.15) is 5.82 Å². The third kappa shape index (κ3) is 5.27. The van der Waals surface area contributed by atoms with Gasteiger partial charge in [0.25, 0.3) is 5.91 Å². The van der Waals surface area contributed by atoms with E-state index >= 15 is 0 Å². The Morgan fingerprint density at radius 3 is 2.00 bits per heavy atom. The number of halogens is 2. The molecule has 0 saturated heterocycles. The Morgan fingerprint density at radius 2 is 1.52 bits per heavy atom. The molecule has 0 aromatic heterocycles. The molecule has 0 spiro atoms. The van der Waals surface area contributed by atoms with Crippen molar-refractivity contribution in [3.63, 3.8) is 0 Å². The maximum Gasteiger partial charge on any atom is 0.338 e. The van der Waals surface area contributed by atoms with E-state index < -0.39 is 23.7 Å². The lowest BCUT2D eigenvalue weighted by atomic mass is 10.1. The van der Waals surface area contributed by atoms with Crippen LogP contribution in [0.2, 0.25) is 5.02 Å². The molecule has 0 saturated carbocycles. The zero-order valence-electron chi connectivity index (χ0n) is 14.7. The minimum absolute atomic E-state index is 0.0392. The first-order valence-corrected chi connectivity index (χ1v) is 8.49. The number of benzene rings is 2. The standard InChI is InChI=1S/C19H17ClFNO5/c1-3-26-18(24)11-7-12(19(25)27-4-2)9-14(8-11)22-17(23)15-6-5-13(21)10-16(15)20/h5-10H,3-4H2,1-2H3,(H,22,23). The zero-order chi connectivity index (χ0) is 20.0. The van der Waals surface area contributed by atoms with Gasteiger partial charge in [-0.3, -0.25) is 4.79 Å². The zero-order valence-corrected chi connectivity index (χ0v) is 15.4. The summed E-state index contributed by atoms with van der Waals surface area (Å²) in [5, 5.41) is 2.46.